The molecule has 4 N–H and O–H groups in total. The SMILES string of the molecule is O=C(Nc1ccc2[nH]ncc2c1)[C@@H]1C[C@@H](O)CN1C(=O)Nc1ccccc1. The molecule has 2 atom stereocenters. The molecule has 1 aromatic heterocycles. The Kier molecular flexibility index (Phi) is 4.47. The van der Waals surface area contributed by atoms with Crippen LogP contribution >= 0.6 is 0 Å². The molecule has 0 bridgehead atoms. The number of anilines is 2. The monoisotopic (exact) mass is 365 g/mol. The number of aromatic nitrogens is 2. The highest BCUT2D eigenvalue weighted by atomic mass is 16.3. The molecule has 2 aromatic carbocycles. The molecule has 1 aliphatic heterocycles. The van der Waals surface area contributed by atoms with E-state index < -0.39 is 18.2 Å². The molecule has 1 fully saturated rings. The fourth-order valence-electron chi connectivity index (χ4n) is 3.25. The smallest absolute Gasteiger partial charge is 0.322 e. The van der Waals surface area contributed by atoms with Gasteiger partial charge in [-0.1, -0.05) is 18.2 Å². The standard InChI is InChI=1S/C19H19N5O3/c25-15-9-17(24(11-15)19(27)22-13-4-2-1-3-5-13)18(26)21-14-6-7-16-12(8-14)10-20-23-16/h1-8,10,15,17,25H,9,11H2,(H,20,23)(H,21,26)(H,22,27)/t15-,17+/m1/s1. The van der Waals surface area contributed by atoms with Crippen LogP contribution in [-0.4, -0.2) is 50.8 Å². The van der Waals surface area contributed by atoms with E-state index in [4.69, 9.17) is 0 Å². The second-order valence-corrected chi connectivity index (χ2v) is 6.52. The van der Waals surface area contributed by atoms with Crippen LogP contribution in [0.25, 0.3) is 10.9 Å². The summed E-state index contributed by atoms with van der Waals surface area (Å²) in [7, 11) is 0. The largest absolute Gasteiger partial charge is 0.391 e. The molecule has 0 spiro atoms. The van der Waals surface area contributed by atoms with Gasteiger partial charge in [-0.3, -0.25) is 9.89 Å². The third-order valence-corrected chi connectivity index (χ3v) is 4.58. The van der Waals surface area contributed by atoms with E-state index in [1.807, 2.05) is 24.3 Å². The van der Waals surface area contributed by atoms with Crippen LogP contribution in [0.15, 0.2) is 54.7 Å². The highest BCUT2D eigenvalue weighted by molar-refractivity contribution is 6.00. The van der Waals surface area contributed by atoms with Gasteiger partial charge in [0.25, 0.3) is 0 Å². The number of likely N-dealkylation sites (tertiary alicyclic amines) is 1. The van der Waals surface area contributed by atoms with Crippen LogP contribution in [0.2, 0.25) is 0 Å². The number of benzene rings is 2. The van der Waals surface area contributed by atoms with Crippen LogP contribution < -0.4 is 10.6 Å². The molecule has 0 radical (unpaired) electrons. The number of carbonyl (C=O) groups excluding carboxylic acids is 2. The van der Waals surface area contributed by atoms with Crippen molar-refractivity contribution >= 4 is 34.2 Å². The first-order chi connectivity index (χ1) is 13.1. The number of amides is 3. The third-order valence-electron chi connectivity index (χ3n) is 4.58. The fourth-order valence-corrected chi connectivity index (χ4v) is 3.25. The van der Waals surface area contributed by atoms with Gasteiger partial charge in [-0.05, 0) is 30.3 Å². The molecule has 1 saturated heterocycles. The van der Waals surface area contributed by atoms with Gasteiger partial charge < -0.3 is 20.6 Å². The predicted octanol–water partition coefficient (Wildman–Crippen LogP) is 2.17. The van der Waals surface area contributed by atoms with E-state index in [0.29, 0.717) is 11.4 Å². The molecule has 0 unspecified atom stereocenters. The molecule has 3 aromatic rings. The molecule has 8 heteroatoms. The number of β-amino-alcohol motifs (C(OH)–C–C–N with tert-alkyl or cyclic N) is 1. The summed E-state index contributed by atoms with van der Waals surface area (Å²) in [6, 6.07) is 13.2. The summed E-state index contributed by atoms with van der Waals surface area (Å²) < 4.78 is 0. The molecule has 0 saturated carbocycles. The van der Waals surface area contributed by atoms with Gasteiger partial charge in [-0.15, -0.1) is 0 Å². The Morgan fingerprint density at radius 3 is 2.74 bits per heavy atom. The van der Waals surface area contributed by atoms with Crippen LogP contribution in [-0.2, 0) is 4.79 Å². The molecule has 138 valence electrons. The number of fused-ring (bicyclic) bond motifs is 1. The van der Waals surface area contributed by atoms with Gasteiger partial charge in [-0.25, -0.2) is 4.79 Å². The Hall–Kier alpha value is -3.39. The van der Waals surface area contributed by atoms with Crippen molar-refractivity contribution in [1.29, 1.82) is 0 Å². The molecule has 8 nitrogen and oxygen atoms in total. The minimum atomic E-state index is -0.747. The minimum absolute atomic E-state index is 0.109. The zero-order valence-corrected chi connectivity index (χ0v) is 14.4. The van der Waals surface area contributed by atoms with Crippen LogP contribution in [0.4, 0.5) is 16.2 Å². The summed E-state index contributed by atoms with van der Waals surface area (Å²) in [5.41, 5.74) is 2.11. The number of carbonyl (C=O) groups is 2. The van der Waals surface area contributed by atoms with E-state index in [1.54, 1.807) is 30.5 Å². The summed E-state index contributed by atoms with van der Waals surface area (Å²) in [6.07, 6.45) is 1.13. The molecular weight excluding hydrogens is 346 g/mol. The number of nitrogens with zero attached hydrogens (tertiary/aromatic N) is 2. The Bertz CT molecular complexity index is 972. The predicted molar refractivity (Wildman–Crippen MR) is 101 cm³/mol. The Balaban J connectivity index is 1.48. The number of aliphatic hydroxyl groups is 1. The van der Waals surface area contributed by atoms with Gasteiger partial charge in [0.2, 0.25) is 5.91 Å². The van der Waals surface area contributed by atoms with Crippen molar-refractivity contribution < 1.29 is 14.7 Å². The normalized spacial score (nSPS) is 19.2. The highest BCUT2D eigenvalue weighted by Crippen LogP contribution is 2.22. The first-order valence-corrected chi connectivity index (χ1v) is 8.65. The van der Waals surface area contributed by atoms with E-state index in [0.717, 1.165) is 10.9 Å². The number of H-pyrrole nitrogens is 1. The maximum atomic E-state index is 12.7. The number of aliphatic hydroxyl groups excluding tert-OH is 1. The average Bonchev–Trinajstić information content (AvgIpc) is 3.28. The number of hydrogen-bond acceptors (Lipinski definition) is 4. The van der Waals surface area contributed by atoms with Gasteiger partial charge in [0.15, 0.2) is 0 Å². The maximum Gasteiger partial charge on any atom is 0.322 e. The van der Waals surface area contributed by atoms with E-state index in [-0.39, 0.29) is 18.9 Å². The molecule has 27 heavy (non-hydrogen) atoms. The lowest BCUT2D eigenvalue weighted by Gasteiger charge is -2.24. The van der Waals surface area contributed by atoms with Crippen molar-refractivity contribution in [3.63, 3.8) is 0 Å². The maximum absolute atomic E-state index is 12.7. The summed E-state index contributed by atoms with van der Waals surface area (Å²) in [6.45, 7) is 0.109. The molecule has 1 aliphatic rings. The summed E-state index contributed by atoms with van der Waals surface area (Å²) in [5.74, 6) is -0.336. The van der Waals surface area contributed by atoms with Crippen molar-refractivity contribution in [2.75, 3.05) is 17.2 Å². The van der Waals surface area contributed by atoms with Gasteiger partial charge in [0.1, 0.15) is 6.04 Å². The Morgan fingerprint density at radius 2 is 1.93 bits per heavy atom. The quantitative estimate of drug-likeness (QED) is 0.570. The number of para-hydroxylation sites is 1. The number of nitrogens with one attached hydrogen (secondary N) is 3. The topological polar surface area (TPSA) is 110 Å². The van der Waals surface area contributed by atoms with Gasteiger partial charge >= 0.3 is 6.03 Å². The first kappa shape index (κ1) is 17.0. The second kappa shape index (κ2) is 7.08. The molecule has 0 aliphatic carbocycles. The van der Waals surface area contributed by atoms with Gasteiger partial charge in [0, 0.05) is 29.7 Å². The number of aromatic amines is 1. The number of rotatable bonds is 3. The molecular formula is C19H19N5O3. The summed E-state index contributed by atoms with van der Waals surface area (Å²) >= 11 is 0. The summed E-state index contributed by atoms with van der Waals surface area (Å²) in [5, 5.41) is 23.3. The fraction of sp³-hybridized carbons (Fsp3) is 0.211. The number of hydrogen-bond donors (Lipinski definition) is 4. The molecule has 2 heterocycles. The van der Waals surface area contributed by atoms with Crippen LogP contribution in [0.1, 0.15) is 6.42 Å². The van der Waals surface area contributed by atoms with E-state index >= 15 is 0 Å². The molecule has 4 rings (SSSR count). The minimum Gasteiger partial charge on any atom is -0.391 e. The molecule has 3 amide bonds. The van der Waals surface area contributed by atoms with Crippen molar-refractivity contribution in [3.8, 4) is 0 Å². The Morgan fingerprint density at radius 1 is 1.11 bits per heavy atom. The lowest BCUT2D eigenvalue weighted by Crippen LogP contribution is -2.45. The van der Waals surface area contributed by atoms with Crippen molar-refractivity contribution in [2.45, 2.75) is 18.6 Å². The van der Waals surface area contributed by atoms with Gasteiger partial charge in [-0.2, -0.15) is 5.10 Å². The Labute approximate surface area is 155 Å². The van der Waals surface area contributed by atoms with E-state index in [1.165, 1.54) is 4.90 Å². The van der Waals surface area contributed by atoms with Crippen molar-refractivity contribution in [2.24, 2.45) is 0 Å². The lowest BCUT2D eigenvalue weighted by molar-refractivity contribution is -0.119. The van der Waals surface area contributed by atoms with Crippen molar-refractivity contribution in [3.05, 3.63) is 54.7 Å². The third kappa shape index (κ3) is 3.61. The first-order valence-electron chi connectivity index (χ1n) is 8.65. The van der Waals surface area contributed by atoms with E-state index in [2.05, 4.69) is 20.8 Å². The highest BCUT2D eigenvalue weighted by Gasteiger charge is 2.39. The lowest BCUT2D eigenvalue weighted by atomic mass is 10.1. The average molecular weight is 365 g/mol. The zero-order chi connectivity index (χ0) is 18.8. The van der Waals surface area contributed by atoms with Crippen LogP contribution in [0.5, 0.6) is 0 Å². The van der Waals surface area contributed by atoms with Crippen LogP contribution in [0.3, 0.4) is 0 Å². The second-order valence-electron chi connectivity index (χ2n) is 6.52. The van der Waals surface area contributed by atoms with Gasteiger partial charge in [0.05, 0.1) is 17.8 Å². The van der Waals surface area contributed by atoms with Crippen molar-refractivity contribution in [1.82, 2.24) is 15.1 Å². The summed E-state index contributed by atoms with van der Waals surface area (Å²) in [4.78, 5) is 26.7. The zero-order valence-electron chi connectivity index (χ0n) is 14.4. The number of urea groups is 1. The van der Waals surface area contributed by atoms with E-state index in [9.17, 15) is 14.7 Å². The van der Waals surface area contributed by atoms with Crippen LogP contribution in [0, 0.1) is 0 Å².